The van der Waals surface area contributed by atoms with E-state index in [1.165, 1.54) is 6.07 Å². The van der Waals surface area contributed by atoms with E-state index in [1.807, 2.05) is 0 Å². The Balaban J connectivity index is 2.61. The zero-order valence-electron chi connectivity index (χ0n) is 9.61. The molecule has 0 heterocycles. The first kappa shape index (κ1) is 12.9. The molecule has 0 fully saturated rings. The fraction of sp³-hybridized carbons (Fsp3) is 0.500. The second kappa shape index (κ2) is 5.82. The number of hydrogen-bond donors (Lipinski definition) is 2. The SMILES string of the molecule is CC(O)CCOc1ccc(C(C)N)cc1F. The summed E-state index contributed by atoms with van der Waals surface area (Å²) in [4.78, 5) is 0. The summed E-state index contributed by atoms with van der Waals surface area (Å²) in [6.07, 6.45) is 0.0421. The Morgan fingerprint density at radius 2 is 2.12 bits per heavy atom. The standard InChI is InChI=1S/C12H18FNO2/c1-8(15)5-6-16-12-4-3-10(9(2)14)7-11(12)13/h3-4,7-9,15H,5-6,14H2,1-2H3. The first-order chi connectivity index (χ1) is 7.50. The van der Waals surface area contributed by atoms with Crippen LogP contribution in [-0.4, -0.2) is 17.8 Å². The lowest BCUT2D eigenvalue weighted by molar-refractivity contribution is 0.154. The summed E-state index contributed by atoms with van der Waals surface area (Å²) < 4.78 is 18.7. The van der Waals surface area contributed by atoms with E-state index in [0.717, 1.165) is 5.56 Å². The average molecular weight is 227 g/mol. The Morgan fingerprint density at radius 3 is 2.62 bits per heavy atom. The lowest BCUT2D eigenvalue weighted by Gasteiger charge is -2.11. The van der Waals surface area contributed by atoms with Gasteiger partial charge in [-0.3, -0.25) is 0 Å². The molecule has 0 saturated carbocycles. The third kappa shape index (κ3) is 3.79. The van der Waals surface area contributed by atoms with Crippen LogP contribution in [-0.2, 0) is 0 Å². The molecule has 1 aromatic rings. The monoisotopic (exact) mass is 227 g/mol. The summed E-state index contributed by atoms with van der Waals surface area (Å²) in [5, 5.41) is 9.03. The Kier molecular flexibility index (Phi) is 4.71. The quantitative estimate of drug-likeness (QED) is 0.808. The van der Waals surface area contributed by atoms with Gasteiger partial charge in [0.2, 0.25) is 0 Å². The maximum Gasteiger partial charge on any atom is 0.165 e. The van der Waals surface area contributed by atoms with Crippen LogP contribution in [0.4, 0.5) is 4.39 Å². The van der Waals surface area contributed by atoms with Gasteiger partial charge in [0.25, 0.3) is 0 Å². The van der Waals surface area contributed by atoms with Crippen molar-refractivity contribution in [3.63, 3.8) is 0 Å². The maximum atomic E-state index is 13.5. The number of rotatable bonds is 5. The molecule has 0 aliphatic rings. The molecule has 2 unspecified atom stereocenters. The van der Waals surface area contributed by atoms with Gasteiger partial charge in [0.15, 0.2) is 11.6 Å². The van der Waals surface area contributed by atoms with Crippen molar-refractivity contribution < 1.29 is 14.2 Å². The van der Waals surface area contributed by atoms with Crippen molar-refractivity contribution in [2.75, 3.05) is 6.61 Å². The molecule has 1 aromatic carbocycles. The zero-order chi connectivity index (χ0) is 12.1. The van der Waals surface area contributed by atoms with Crippen LogP contribution in [0.25, 0.3) is 0 Å². The van der Waals surface area contributed by atoms with Crippen molar-refractivity contribution in [1.29, 1.82) is 0 Å². The smallest absolute Gasteiger partial charge is 0.165 e. The van der Waals surface area contributed by atoms with E-state index in [1.54, 1.807) is 26.0 Å². The summed E-state index contributed by atoms with van der Waals surface area (Å²) in [6.45, 7) is 3.76. The fourth-order valence-electron chi connectivity index (χ4n) is 1.26. The zero-order valence-corrected chi connectivity index (χ0v) is 9.61. The molecule has 0 aromatic heterocycles. The van der Waals surface area contributed by atoms with E-state index >= 15 is 0 Å². The van der Waals surface area contributed by atoms with Crippen LogP contribution in [0, 0.1) is 5.82 Å². The molecule has 1 rings (SSSR count). The largest absolute Gasteiger partial charge is 0.490 e. The van der Waals surface area contributed by atoms with Crippen LogP contribution < -0.4 is 10.5 Å². The first-order valence-corrected chi connectivity index (χ1v) is 5.36. The molecule has 3 nitrogen and oxygen atoms in total. The highest BCUT2D eigenvalue weighted by atomic mass is 19.1. The Morgan fingerprint density at radius 1 is 1.44 bits per heavy atom. The highest BCUT2D eigenvalue weighted by molar-refractivity contribution is 5.30. The van der Waals surface area contributed by atoms with Crippen LogP contribution in [0.1, 0.15) is 31.9 Å². The third-order valence-corrected chi connectivity index (χ3v) is 2.27. The highest BCUT2D eigenvalue weighted by Gasteiger charge is 2.07. The molecular weight excluding hydrogens is 209 g/mol. The predicted octanol–water partition coefficient (Wildman–Crippen LogP) is 2.00. The lowest BCUT2D eigenvalue weighted by atomic mass is 10.1. The minimum absolute atomic E-state index is 0.194. The highest BCUT2D eigenvalue weighted by Crippen LogP contribution is 2.21. The van der Waals surface area contributed by atoms with Gasteiger partial charge < -0.3 is 15.6 Å². The van der Waals surface area contributed by atoms with E-state index in [-0.39, 0.29) is 11.8 Å². The molecule has 90 valence electrons. The van der Waals surface area contributed by atoms with Crippen LogP contribution >= 0.6 is 0 Å². The van der Waals surface area contributed by atoms with Crippen molar-refractivity contribution in [2.24, 2.45) is 5.73 Å². The number of benzene rings is 1. The van der Waals surface area contributed by atoms with Crippen LogP contribution in [0.3, 0.4) is 0 Å². The molecule has 0 saturated heterocycles. The number of ether oxygens (including phenoxy) is 1. The molecule has 3 N–H and O–H groups in total. The fourth-order valence-corrected chi connectivity index (χ4v) is 1.26. The number of halogens is 1. The van der Waals surface area contributed by atoms with Crippen molar-refractivity contribution in [1.82, 2.24) is 0 Å². The molecule has 0 bridgehead atoms. The van der Waals surface area contributed by atoms with Gasteiger partial charge in [-0.25, -0.2) is 4.39 Å². The number of aliphatic hydroxyl groups excluding tert-OH is 1. The molecule has 0 aliphatic heterocycles. The van der Waals surface area contributed by atoms with Gasteiger partial charge in [0, 0.05) is 12.5 Å². The molecule has 2 atom stereocenters. The van der Waals surface area contributed by atoms with E-state index < -0.39 is 11.9 Å². The van der Waals surface area contributed by atoms with E-state index in [2.05, 4.69) is 0 Å². The van der Waals surface area contributed by atoms with E-state index in [9.17, 15) is 4.39 Å². The lowest BCUT2D eigenvalue weighted by Crippen LogP contribution is -2.09. The van der Waals surface area contributed by atoms with Crippen LogP contribution in [0.5, 0.6) is 5.75 Å². The summed E-state index contributed by atoms with van der Waals surface area (Å²) >= 11 is 0. The van der Waals surface area contributed by atoms with Gasteiger partial charge in [0.05, 0.1) is 12.7 Å². The predicted molar refractivity (Wildman–Crippen MR) is 60.8 cm³/mol. The summed E-state index contributed by atoms with van der Waals surface area (Å²) in [7, 11) is 0. The number of aliphatic hydroxyl groups is 1. The van der Waals surface area contributed by atoms with Crippen molar-refractivity contribution in [3.8, 4) is 5.75 Å². The summed E-state index contributed by atoms with van der Waals surface area (Å²) in [5.41, 5.74) is 6.37. The summed E-state index contributed by atoms with van der Waals surface area (Å²) in [5.74, 6) is -0.217. The van der Waals surface area contributed by atoms with E-state index in [4.69, 9.17) is 15.6 Å². The van der Waals surface area contributed by atoms with Crippen LogP contribution in [0.2, 0.25) is 0 Å². The summed E-state index contributed by atoms with van der Waals surface area (Å²) in [6, 6.07) is 4.49. The molecule has 0 radical (unpaired) electrons. The average Bonchev–Trinajstić information content (AvgIpc) is 2.19. The van der Waals surface area contributed by atoms with E-state index in [0.29, 0.717) is 13.0 Å². The van der Waals surface area contributed by atoms with Gasteiger partial charge in [-0.05, 0) is 31.5 Å². The third-order valence-electron chi connectivity index (χ3n) is 2.27. The number of hydrogen-bond acceptors (Lipinski definition) is 3. The normalized spacial score (nSPS) is 14.6. The number of nitrogens with two attached hydrogens (primary N) is 1. The maximum absolute atomic E-state index is 13.5. The molecule has 16 heavy (non-hydrogen) atoms. The second-order valence-electron chi connectivity index (χ2n) is 3.96. The van der Waals surface area contributed by atoms with Gasteiger partial charge in [-0.1, -0.05) is 6.07 Å². The Bertz CT molecular complexity index is 340. The molecule has 0 spiro atoms. The van der Waals surface area contributed by atoms with Crippen LogP contribution in [0.15, 0.2) is 18.2 Å². The van der Waals surface area contributed by atoms with Crippen molar-refractivity contribution in [3.05, 3.63) is 29.6 Å². The van der Waals surface area contributed by atoms with Crippen molar-refractivity contribution >= 4 is 0 Å². The first-order valence-electron chi connectivity index (χ1n) is 5.36. The second-order valence-corrected chi connectivity index (χ2v) is 3.96. The molecular formula is C12H18FNO2. The van der Waals surface area contributed by atoms with Gasteiger partial charge in [0.1, 0.15) is 0 Å². The topological polar surface area (TPSA) is 55.5 Å². The minimum Gasteiger partial charge on any atom is -0.490 e. The molecule has 0 aliphatic carbocycles. The Labute approximate surface area is 95.0 Å². The molecule has 4 heteroatoms. The van der Waals surface area contributed by atoms with Crippen molar-refractivity contribution in [2.45, 2.75) is 32.4 Å². The Hall–Kier alpha value is -1.13. The van der Waals surface area contributed by atoms with Gasteiger partial charge in [-0.2, -0.15) is 0 Å². The molecule has 0 amide bonds. The van der Waals surface area contributed by atoms with Gasteiger partial charge in [-0.15, -0.1) is 0 Å². The minimum atomic E-state index is -0.439. The van der Waals surface area contributed by atoms with Gasteiger partial charge >= 0.3 is 0 Å².